The van der Waals surface area contributed by atoms with E-state index in [0.717, 1.165) is 6.07 Å². The molecule has 0 fully saturated rings. The number of pyridine rings is 1. The molecule has 3 nitrogen and oxygen atoms in total. The van der Waals surface area contributed by atoms with Crippen molar-refractivity contribution in [1.82, 2.24) is 4.98 Å². The van der Waals surface area contributed by atoms with Gasteiger partial charge in [0.25, 0.3) is 0 Å². The molecule has 0 aliphatic carbocycles. The molecule has 2 rings (SSSR count). The first kappa shape index (κ1) is 13.1. The maximum Gasteiger partial charge on any atom is 0.222 e. The second-order valence-electron chi connectivity index (χ2n) is 3.95. The number of halogens is 2. The summed E-state index contributed by atoms with van der Waals surface area (Å²) in [5.41, 5.74) is 0.918. The van der Waals surface area contributed by atoms with Gasteiger partial charge in [-0.05, 0) is 23.8 Å². The zero-order valence-electron chi connectivity index (χ0n) is 10.3. The Morgan fingerprint density at radius 2 is 2.11 bits per heavy atom. The molecule has 1 aromatic carbocycles. The molecule has 19 heavy (non-hydrogen) atoms. The van der Waals surface area contributed by atoms with E-state index in [1.165, 1.54) is 19.2 Å². The summed E-state index contributed by atoms with van der Waals surface area (Å²) in [7, 11) is 1.46. The molecule has 5 heteroatoms. The van der Waals surface area contributed by atoms with Crippen molar-refractivity contribution >= 4 is 5.71 Å². The van der Waals surface area contributed by atoms with Crippen molar-refractivity contribution in [2.45, 2.75) is 6.42 Å². The number of hydrogen-bond acceptors (Lipinski definition) is 3. The lowest BCUT2D eigenvalue weighted by Gasteiger charge is -2.09. The largest absolute Gasteiger partial charge is 0.481 e. The zero-order chi connectivity index (χ0) is 13.8. The van der Waals surface area contributed by atoms with Crippen LogP contribution in [0.2, 0.25) is 0 Å². The lowest BCUT2D eigenvalue weighted by atomic mass is 10.0. The van der Waals surface area contributed by atoms with E-state index in [0.29, 0.717) is 11.4 Å². The van der Waals surface area contributed by atoms with Crippen molar-refractivity contribution < 1.29 is 13.5 Å². The number of aromatic nitrogens is 1. The predicted molar refractivity (Wildman–Crippen MR) is 67.7 cm³/mol. The number of methoxy groups -OCH3 is 1. The predicted octanol–water partition coefficient (Wildman–Crippen LogP) is 2.98. The van der Waals surface area contributed by atoms with Gasteiger partial charge in [0.05, 0.1) is 12.7 Å². The zero-order valence-corrected chi connectivity index (χ0v) is 10.3. The number of nitrogens with one attached hydrogen (secondary N) is 1. The van der Waals surface area contributed by atoms with Crippen molar-refractivity contribution in [3.63, 3.8) is 0 Å². The van der Waals surface area contributed by atoms with Gasteiger partial charge in [-0.3, -0.25) is 0 Å². The molecule has 1 N–H and O–H groups in total. The van der Waals surface area contributed by atoms with Crippen LogP contribution in [0, 0.1) is 17.0 Å². The van der Waals surface area contributed by atoms with Crippen LogP contribution in [0.1, 0.15) is 11.1 Å². The van der Waals surface area contributed by atoms with Gasteiger partial charge in [-0.15, -0.1) is 0 Å². The second-order valence-corrected chi connectivity index (χ2v) is 3.95. The maximum atomic E-state index is 13.5. The van der Waals surface area contributed by atoms with E-state index in [2.05, 4.69) is 4.98 Å². The number of benzene rings is 1. The molecule has 0 spiro atoms. The van der Waals surface area contributed by atoms with Crippen molar-refractivity contribution in [2.24, 2.45) is 0 Å². The van der Waals surface area contributed by atoms with Crippen LogP contribution in [0.15, 0.2) is 36.5 Å². The SMILES string of the molecule is COc1ncccc1C(=N)Cc1ccc(F)cc1F. The van der Waals surface area contributed by atoms with Gasteiger partial charge in [0, 0.05) is 24.4 Å². The molecular formula is C14H12F2N2O. The molecule has 0 atom stereocenters. The van der Waals surface area contributed by atoms with Gasteiger partial charge >= 0.3 is 0 Å². The summed E-state index contributed by atoms with van der Waals surface area (Å²) in [5.74, 6) is -0.977. The number of ether oxygens (including phenoxy) is 1. The van der Waals surface area contributed by atoms with E-state index in [1.54, 1.807) is 18.3 Å². The Kier molecular flexibility index (Phi) is 3.85. The van der Waals surface area contributed by atoms with E-state index in [4.69, 9.17) is 10.1 Å². The van der Waals surface area contributed by atoms with Gasteiger partial charge in [0.15, 0.2) is 0 Å². The number of nitrogens with zero attached hydrogens (tertiary/aromatic N) is 1. The summed E-state index contributed by atoms with van der Waals surface area (Å²) in [6.07, 6.45) is 1.60. The summed E-state index contributed by atoms with van der Waals surface area (Å²) in [6, 6.07) is 6.67. The third-order valence-corrected chi connectivity index (χ3v) is 2.67. The highest BCUT2D eigenvalue weighted by atomic mass is 19.1. The Hall–Kier alpha value is -2.30. The van der Waals surface area contributed by atoms with Gasteiger partial charge in [-0.1, -0.05) is 6.07 Å². The quantitative estimate of drug-likeness (QED) is 0.861. The average molecular weight is 262 g/mol. The Bertz CT molecular complexity index is 614. The molecular weight excluding hydrogens is 250 g/mol. The Balaban J connectivity index is 2.26. The van der Waals surface area contributed by atoms with Crippen LogP contribution < -0.4 is 4.74 Å². The molecule has 0 saturated heterocycles. The molecule has 0 unspecified atom stereocenters. The minimum atomic E-state index is -0.660. The molecule has 1 heterocycles. The van der Waals surface area contributed by atoms with Crippen LogP contribution in [-0.4, -0.2) is 17.8 Å². The summed E-state index contributed by atoms with van der Waals surface area (Å²) >= 11 is 0. The maximum absolute atomic E-state index is 13.5. The van der Waals surface area contributed by atoms with Crippen LogP contribution in [0.5, 0.6) is 5.88 Å². The standard InChI is InChI=1S/C14H12F2N2O/c1-19-14-11(3-2-6-18-14)13(17)7-9-4-5-10(15)8-12(9)16/h2-6,8,17H,7H2,1H3. The number of rotatable bonds is 4. The second kappa shape index (κ2) is 5.56. The normalized spacial score (nSPS) is 10.3. The van der Waals surface area contributed by atoms with E-state index in [9.17, 15) is 8.78 Å². The van der Waals surface area contributed by atoms with Crippen molar-refractivity contribution in [3.05, 3.63) is 59.3 Å². The summed E-state index contributed by atoms with van der Waals surface area (Å²) < 4.78 is 31.4. The first-order valence-electron chi connectivity index (χ1n) is 5.62. The Labute approximate surface area is 109 Å². The fraction of sp³-hybridized carbons (Fsp3) is 0.143. The van der Waals surface area contributed by atoms with Gasteiger partial charge in [0.1, 0.15) is 11.6 Å². The number of hydrogen-bond donors (Lipinski definition) is 1. The van der Waals surface area contributed by atoms with Crippen LogP contribution in [0.3, 0.4) is 0 Å². The first-order chi connectivity index (χ1) is 9.11. The third kappa shape index (κ3) is 2.93. The Morgan fingerprint density at radius 1 is 1.32 bits per heavy atom. The van der Waals surface area contributed by atoms with Crippen LogP contribution >= 0.6 is 0 Å². The average Bonchev–Trinajstić information content (AvgIpc) is 2.41. The smallest absolute Gasteiger partial charge is 0.222 e. The third-order valence-electron chi connectivity index (χ3n) is 2.67. The van der Waals surface area contributed by atoms with Gasteiger partial charge < -0.3 is 10.1 Å². The lowest BCUT2D eigenvalue weighted by Crippen LogP contribution is -2.08. The molecule has 2 aromatic rings. The summed E-state index contributed by atoms with van der Waals surface area (Å²) in [6.45, 7) is 0. The highest BCUT2D eigenvalue weighted by Gasteiger charge is 2.12. The van der Waals surface area contributed by atoms with Crippen LogP contribution in [0.25, 0.3) is 0 Å². The van der Waals surface area contributed by atoms with E-state index in [1.807, 2.05) is 0 Å². The van der Waals surface area contributed by atoms with Gasteiger partial charge in [-0.25, -0.2) is 13.8 Å². The molecule has 0 bridgehead atoms. The van der Waals surface area contributed by atoms with Crippen molar-refractivity contribution in [1.29, 1.82) is 5.41 Å². The van der Waals surface area contributed by atoms with Gasteiger partial charge in [0.2, 0.25) is 5.88 Å². The highest BCUT2D eigenvalue weighted by Crippen LogP contribution is 2.18. The summed E-state index contributed by atoms with van der Waals surface area (Å²) in [5, 5.41) is 7.98. The van der Waals surface area contributed by atoms with Crippen LogP contribution in [-0.2, 0) is 6.42 Å². The minimum absolute atomic E-state index is 0.0498. The molecule has 1 aromatic heterocycles. The molecule has 0 saturated carbocycles. The highest BCUT2D eigenvalue weighted by molar-refractivity contribution is 6.01. The fourth-order valence-electron chi connectivity index (χ4n) is 1.73. The molecule has 0 amide bonds. The lowest BCUT2D eigenvalue weighted by molar-refractivity contribution is 0.397. The van der Waals surface area contributed by atoms with E-state index < -0.39 is 11.6 Å². The summed E-state index contributed by atoms with van der Waals surface area (Å²) in [4.78, 5) is 3.98. The monoisotopic (exact) mass is 262 g/mol. The fourth-order valence-corrected chi connectivity index (χ4v) is 1.73. The molecule has 0 aliphatic heterocycles. The minimum Gasteiger partial charge on any atom is -0.481 e. The topological polar surface area (TPSA) is 46.0 Å². The molecule has 98 valence electrons. The van der Waals surface area contributed by atoms with E-state index in [-0.39, 0.29) is 17.7 Å². The molecule has 0 aliphatic rings. The van der Waals surface area contributed by atoms with Crippen molar-refractivity contribution in [2.75, 3.05) is 7.11 Å². The molecule has 0 radical (unpaired) electrons. The van der Waals surface area contributed by atoms with Gasteiger partial charge in [-0.2, -0.15) is 0 Å². The van der Waals surface area contributed by atoms with Crippen LogP contribution in [0.4, 0.5) is 8.78 Å². The first-order valence-corrected chi connectivity index (χ1v) is 5.62. The van der Waals surface area contributed by atoms with Crippen molar-refractivity contribution in [3.8, 4) is 5.88 Å². The Morgan fingerprint density at radius 3 is 2.79 bits per heavy atom. The van der Waals surface area contributed by atoms with E-state index >= 15 is 0 Å².